The lowest BCUT2D eigenvalue weighted by atomic mass is 9.93. The molecule has 0 aromatic heterocycles. The van der Waals surface area contributed by atoms with Gasteiger partial charge < -0.3 is 15.0 Å². The maximum Gasteiger partial charge on any atom is 0.326 e. The normalized spacial score (nSPS) is 20.4. The fourth-order valence-corrected chi connectivity index (χ4v) is 3.45. The number of urea groups is 1. The highest BCUT2D eigenvalue weighted by molar-refractivity contribution is 6.08. The maximum absolute atomic E-state index is 12.5. The molecule has 0 unspecified atom stereocenters. The van der Waals surface area contributed by atoms with Crippen LogP contribution in [0.25, 0.3) is 0 Å². The Balaban J connectivity index is 1.83. The summed E-state index contributed by atoms with van der Waals surface area (Å²) in [5.41, 5.74) is -0.947. The number of nitrogens with one attached hydrogen (secondary N) is 1. The first-order valence-corrected chi connectivity index (χ1v) is 9.51. The van der Waals surface area contributed by atoms with Gasteiger partial charge in [0.1, 0.15) is 12.1 Å². The predicted molar refractivity (Wildman–Crippen MR) is 94.2 cm³/mol. The smallest absolute Gasteiger partial charge is 0.326 e. The molecule has 2 heterocycles. The number of carbonyl (C=O) groups is 4. The highest BCUT2D eigenvalue weighted by atomic mass is 16.5. The van der Waals surface area contributed by atoms with Crippen molar-refractivity contribution >= 4 is 23.8 Å². The second-order valence-electron chi connectivity index (χ2n) is 6.92. The van der Waals surface area contributed by atoms with Crippen molar-refractivity contribution in [3.05, 3.63) is 0 Å². The van der Waals surface area contributed by atoms with Crippen molar-refractivity contribution in [2.45, 2.75) is 64.3 Å². The molecule has 8 nitrogen and oxygen atoms in total. The third-order valence-electron chi connectivity index (χ3n) is 5.31. The van der Waals surface area contributed by atoms with Crippen LogP contribution < -0.4 is 5.32 Å². The van der Waals surface area contributed by atoms with Crippen LogP contribution in [0, 0.1) is 0 Å². The van der Waals surface area contributed by atoms with Gasteiger partial charge >= 0.3 is 12.0 Å². The van der Waals surface area contributed by atoms with E-state index in [2.05, 4.69) is 5.32 Å². The van der Waals surface area contributed by atoms with Gasteiger partial charge in [-0.1, -0.05) is 33.1 Å². The minimum Gasteiger partial charge on any atom is -0.454 e. The molecule has 2 saturated heterocycles. The van der Waals surface area contributed by atoms with Gasteiger partial charge in [-0.15, -0.1) is 0 Å². The summed E-state index contributed by atoms with van der Waals surface area (Å²) < 4.78 is 5.02. The van der Waals surface area contributed by atoms with E-state index < -0.39 is 30.0 Å². The van der Waals surface area contributed by atoms with Crippen LogP contribution in [0.4, 0.5) is 4.79 Å². The van der Waals surface area contributed by atoms with E-state index in [-0.39, 0.29) is 12.5 Å². The molecule has 2 rings (SSSR count). The topological polar surface area (TPSA) is 96.0 Å². The summed E-state index contributed by atoms with van der Waals surface area (Å²) in [4.78, 5) is 51.3. The average molecular weight is 367 g/mol. The van der Waals surface area contributed by atoms with Gasteiger partial charge in [0.25, 0.3) is 11.8 Å². The number of hydrogen-bond acceptors (Lipinski definition) is 5. The summed E-state index contributed by atoms with van der Waals surface area (Å²) >= 11 is 0. The van der Waals surface area contributed by atoms with Gasteiger partial charge in [-0.2, -0.15) is 0 Å². The van der Waals surface area contributed by atoms with Crippen molar-refractivity contribution in [1.29, 1.82) is 0 Å². The zero-order valence-electron chi connectivity index (χ0n) is 15.7. The van der Waals surface area contributed by atoms with Crippen LogP contribution >= 0.6 is 0 Å². The van der Waals surface area contributed by atoms with Crippen molar-refractivity contribution in [2.24, 2.45) is 0 Å². The summed E-state index contributed by atoms with van der Waals surface area (Å²) in [6.45, 7) is 4.16. The number of ether oxygens (including phenoxy) is 1. The molecule has 0 radical (unpaired) electrons. The summed E-state index contributed by atoms with van der Waals surface area (Å²) in [5.74, 6) is -1.40. The number of imide groups is 1. The molecule has 2 fully saturated rings. The van der Waals surface area contributed by atoms with Crippen LogP contribution in [-0.4, -0.2) is 65.4 Å². The summed E-state index contributed by atoms with van der Waals surface area (Å²) in [7, 11) is 0. The molecule has 0 atom stereocenters. The molecule has 0 aliphatic carbocycles. The van der Waals surface area contributed by atoms with E-state index in [9.17, 15) is 19.2 Å². The van der Waals surface area contributed by atoms with E-state index in [0.29, 0.717) is 25.9 Å². The third kappa shape index (κ3) is 4.53. The largest absolute Gasteiger partial charge is 0.454 e. The van der Waals surface area contributed by atoms with Crippen LogP contribution in [-0.2, 0) is 19.1 Å². The van der Waals surface area contributed by atoms with Crippen molar-refractivity contribution < 1.29 is 23.9 Å². The number of amides is 4. The van der Waals surface area contributed by atoms with Gasteiger partial charge in [0.2, 0.25) is 0 Å². The molecule has 0 spiro atoms. The van der Waals surface area contributed by atoms with Crippen molar-refractivity contribution in [1.82, 2.24) is 15.1 Å². The van der Waals surface area contributed by atoms with Gasteiger partial charge in [-0.3, -0.25) is 19.3 Å². The van der Waals surface area contributed by atoms with Crippen molar-refractivity contribution in [3.8, 4) is 0 Å². The van der Waals surface area contributed by atoms with E-state index in [1.165, 1.54) is 6.42 Å². The monoisotopic (exact) mass is 367 g/mol. The number of esters is 1. The van der Waals surface area contributed by atoms with E-state index in [1.54, 1.807) is 4.90 Å². The minimum absolute atomic E-state index is 0.228. The molecule has 0 bridgehead atoms. The molecule has 2 aliphatic heterocycles. The minimum atomic E-state index is -0.947. The molecule has 146 valence electrons. The average Bonchev–Trinajstić information content (AvgIpc) is 2.84. The highest BCUT2D eigenvalue weighted by Gasteiger charge is 2.49. The Hall–Kier alpha value is -2.12. The third-order valence-corrected chi connectivity index (χ3v) is 5.31. The summed E-state index contributed by atoms with van der Waals surface area (Å²) in [6.07, 6.45) is 6.22. The lowest BCUT2D eigenvalue weighted by Gasteiger charge is -2.24. The lowest BCUT2D eigenvalue weighted by molar-refractivity contribution is -0.154. The van der Waals surface area contributed by atoms with Crippen LogP contribution in [0.5, 0.6) is 0 Å². The second kappa shape index (κ2) is 9.00. The lowest BCUT2D eigenvalue weighted by Crippen LogP contribution is -2.46. The van der Waals surface area contributed by atoms with E-state index in [0.717, 1.165) is 30.6 Å². The van der Waals surface area contributed by atoms with Crippen LogP contribution in [0.1, 0.15) is 58.8 Å². The van der Waals surface area contributed by atoms with Crippen LogP contribution in [0.3, 0.4) is 0 Å². The van der Waals surface area contributed by atoms with Crippen molar-refractivity contribution in [3.63, 3.8) is 0 Å². The molecule has 0 saturated carbocycles. The van der Waals surface area contributed by atoms with Crippen molar-refractivity contribution in [2.75, 3.05) is 26.2 Å². The summed E-state index contributed by atoms with van der Waals surface area (Å²) in [6, 6.07) is -0.592. The Morgan fingerprint density at radius 3 is 2.15 bits per heavy atom. The number of rotatable bonds is 6. The Bertz CT molecular complexity index is 551. The highest BCUT2D eigenvalue weighted by Crippen LogP contribution is 2.24. The van der Waals surface area contributed by atoms with Gasteiger partial charge in [-0.05, 0) is 25.7 Å². The van der Waals surface area contributed by atoms with Crippen LogP contribution in [0.2, 0.25) is 0 Å². The Kier molecular flexibility index (Phi) is 6.99. The Morgan fingerprint density at radius 1 is 1.04 bits per heavy atom. The molecular formula is C18H29N3O5. The molecule has 2 aliphatic rings. The zero-order valence-corrected chi connectivity index (χ0v) is 15.7. The van der Waals surface area contributed by atoms with Gasteiger partial charge in [0.15, 0.2) is 6.61 Å². The van der Waals surface area contributed by atoms with Gasteiger partial charge in [-0.25, -0.2) is 4.79 Å². The first-order valence-electron chi connectivity index (χ1n) is 9.51. The number of likely N-dealkylation sites (tertiary alicyclic amines) is 1. The summed E-state index contributed by atoms with van der Waals surface area (Å²) in [5, 5.41) is 2.66. The first-order chi connectivity index (χ1) is 12.4. The van der Waals surface area contributed by atoms with E-state index in [1.807, 2.05) is 13.8 Å². The fraction of sp³-hybridized carbons (Fsp3) is 0.778. The molecule has 26 heavy (non-hydrogen) atoms. The Labute approximate surface area is 154 Å². The number of hydrogen-bond donors (Lipinski definition) is 1. The zero-order chi connectivity index (χ0) is 19.2. The number of nitrogens with zero attached hydrogens (tertiary/aromatic N) is 2. The standard InChI is InChI=1S/C18H29N3O5/c1-3-18(4-2)16(24)21(17(25)19-18)12-15(23)26-13-14(22)20-10-8-6-5-7-9-11-20/h3-13H2,1-2H3,(H,19,25). The number of carbonyl (C=O) groups excluding carboxylic acids is 4. The molecular weight excluding hydrogens is 338 g/mol. The molecule has 1 N–H and O–H groups in total. The molecule has 0 aromatic carbocycles. The Morgan fingerprint density at radius 2 is 1.62 bits per heavy atom. The molecule has 8 heteroatoms. The molecule has 0 aromatic rings. The predicted octanol–water partition coefficient (Wildman–Crippen LogP) is 1.43. The van der Waals surface area contributed by atoms with Crippen LogP contribution in [0.15, 0.2) is 0 Å². The second-order valence-corrected chi connectivity index (χ2v) is 6.92. The van der Waals surface area contributed by atoms with E-state index >= 15 is 0 Å². The quantitative estimate of drug-likeness (QED) is 0.566. The first kappa shape index (κ1) is 20.2. The maximum atomic E-state index is 12.5. The van der Waals surface area contributed by atoms with Gasteiger partial charge in [0.05, 0.1) is 0 Å². The molecule has 4 amide bonds. The SMILES string of the molecule is CCC1(CC)NC(=O)N(CC(=O)OCC(=O)N2CCCCCCC2)C1=O. The fourth-order valence-electron chi connectivity index (χ4n) is 3.45. The van der Waals surface area contributed by atoms with Gasteiger partial charge in [0, 0.05) is 13.1 Å². The van der Waals surface area contributed by atoms with E-state index in [4.69, 9.17) is 4.74 Å².